The van der Waals surface area contributed by atoms with Crippen molar-refractivity contribution in [2.24, 2.45) is 16.2 Å². The van der Waals surface area contributed by atoms with E-state index in [0.29, 0.717) is 5.84 Å². The fourth-order valence-corrected chi connectivity index (χ4v) is 2.40. The molecule has 0 aliphatic carbocycles. The summed E-state index contributed by atoms with van der Waals surface area (Å²) in [7, 11) is 0. The van der Waals surface area contributed by atoms with Crippen LogP contribution in [0.25, 0.3) is 10.9 Å². The number of amidine groups is 1. The molecule has 3 rings (SSSR count). The second-order valence-corrected chi connectivity index (χ2v) is 4.80. The third kappa shape index (κ3) is 2.67. The number of hydrogen-bond donors (Lipinski definition) is 2. The number of aromatic nitrogens is 1. The molecular formula is C16H16N5+. The van der Waals surface area contributed by atoms with Gasteiger partial charge in [0, 0.05) is 28.9 Å². The van der Waals surface area contributed by atoms with Crippen molar-refractivity contribution in [2.75, 3.05) is 0 Å². The normalized spacial score (nSPS) is 11.2. The molecule has 0 saturated carbocycles. The Bertz CT molecular complexity index is 802. The van der Waals surface area contributed by atoms with Crippen molar-refractivity contribution in [3.63, 3.8) is 0 Å². The van der Waals surface area contributed by atoms with Crippen LogP contribution in [0.15, 0.2) is 71.1 Å². The Labute approximate surface area is 122 Å². The van der Waals surface area contributed by atoms with Crippen molar-refractivity contribution in [1.82, 2.24) is 4.57 Å². The van der Waals surface area contributed by atoms with Crippen molar-refractivity contribution in [1.29, 1.82) is 0 Å². The molecule has 5 heteroatoms. The Morgan fingerprint density at radius 1 is 1.10 bits per heavy atom. The number of nitrogens with zero attached hydrogens (tertiary/aromatic N) is 3. The second kappa shape index (κ2) is 5.58. The highest BCUT2D eigenvalue weighted by Crippen LogP contribution is 2.19. The van der Waals surface area contributed by atoms with Gasteiger partial charge in [-0.3, -0.25) is 11.3 Å². The highest BCUT2D eigenvalue weighted by Gasteiger charge is 2.10. The molecule has 0 saturated heterocycles. The third-order valence-corrected chi connectivity index (χ3v) is 3.43. The molecule has 1 aromatic heterocycles. The van der Waals surface area contributed by atoms with Gasteiger partial charge in [-0.2, -0.15) is 0 Å². The van der Waals surface area contributed by atoms with Crippen molar-refractivity contribution in [3.05, 3.63) is 71.9 Å². The van der Waals surface area contributed by atoms with E-state index < -0.39 is 0 Å². The molecule has 4 N–H and O–H groups in total. The molecule has 0 aliphatic heterocycles. The average molecular weight is 278 g/mol. The molecule has 2 aromatic carbocycles. The van der Waals surface area contributed by atoms with E-state index in [0.717, 1.165) is 23.0 Å². The number of benzene rings is 2. The average Bonchev–Trinajstić information content (AvgIpc) is 2.91. The van der Waals surface area contributed by atoms with E-state index in [4.69, 9.17) is 11.3 Å². The zero-order valence-corrected chi connectivity index (χ0v) is 11.5. The minimum atomic E-state index is 0.315. The first kappa shape index (κ1) is 13.1. The van der Waals surface area contributed by atoms with E-state index in [2.05, 4.69) is 39.3 Å². The van der Waals surface area contributed by atoms with Gasteiger partial charge in [0.2, 0.25) is 0 Å². The lowest BCUT2D eigenvalue weighted by atomic mass is 10.1. The van der Waals surface area contributed by atoms with Crippen LogP contribution in [0.3, 0.4) is 0 Å². The molecule has 0 radical (unpaired) electrons. The van der Waals surface area contributed by atoms with Crippen LogP contribution in [-0.2, 0) is 6.54 Å². The number of rotatable bonds is 3. The summed E-state index contributed by atoms with van der Waals surface area (Å²) in [4.78, 5) is 0. The predicted octanol–water partition coefficient (Wildman–Crippen LogP) is 1.52. The van der Waals surface area contributed by atoms with Gasteiger partial charge in [0.1, 0.15) is 0 Å². The summed E-state index contributed by atoms with van der Waals surface area (Å²) in [6.45, 7) is 0.839. The topological polar surface area (TPSA) is 81.3 Å². The van der Waals surface area contributed by atoms with Crippen LogP contribution in [0, 0.1) is 0 Å². The Balaban J connectivity index is 1.94. The van der Waals surface area contributed by atoms with E-state index >= 15 is 0 Å². The smallest absolute Gasteiger partial charge is 0.343 e. The largest absolute Gasteiger partial charge is 0.350 e. The summed E-state index contributed by atoms with van der Waals surface area (Å²) >= 11 is 0. The summed E-state index contributed by atoms with van der Waals surface area (Å²) in [5.74, 6) is 5.34. The Morgan fingerprint density at radius 3 is 2.67 bits per heavy atom. The van der Waals surface area contributed by atoms with Crippen LogP contribution in [0.1, 0.15) is 11.1 Å². The lowest BCUT2D eigenvalue weighted by molar-refractivity contribution is -0.114. The fraction of sp³-hybridized carbons (Fsp3) is 0.0625. The van der Waals surface area contributed by atoms with Gasteiger partial charge in [-0.1, -0.05) is 30.3 Å². The SMILES string of the molecule is NN=NC(=[NH2+])c1ccc2c(ccn2Cc2ccccc2)c1. The van der Waals surface area contributed by atoms with Gasteiger partial charge in [0.15, 0.2) is 0 Å². The van der Waals surface area contributed by atoms with Gasteiger partial charge in [-0.15, -0.1) is 0 Å². The second-order valence-electron chi connectivity index (χ2n) is 4.80. The minimum absolute atomic E-state index is 0.315. The molecule has 0 amide bonds. The molecule has 0 fully saturated rings. The lowest BCUT2D eigenvalue weighted by Crippen LogP contribution is -2.38. The van der Waals surface area contributed by atoms with Crippen molar-refractivity contribution in [2.45, 2.75) is 6.54 Å². The zero-order valence-electron chi connectivity index (χ0n) is 11.5. The van der Waals surface area contributed by atoms with Crippen LogP contribution in [-0.4, -0.2) is 10.4 Å². The van der Waals surface area contributed by atoms with Crippen LogP contribution in [0.2, 0.25) is 0 Å². The maximum Gasteiger partial charge on any atom is 0.350 e. The first-order valence-corrected chi connectivity index (χ1v) is 6.64. The Hall–Kier alpha value is -2.95. The summed E-state index contributed by atoms with van der Waals surface area (Å²) in [6.07, 6.45) is 2.07. The first-order chi connectivity index (χ1) is 10.3. The summed E-state index contributed by atoms with van der Waals surface area (Å²) < 4.78 is 2.20. The summed E-state index contributed by atoms with van der Waals surface area (Å²) in [5, 5.41) is 13.8. The highest BCUT2D eigenvalue weighted by molar-refractivity contribution is 5.98. The Kier molecular flexibility index (Phi) is 3.47. The maximum atomic E-state index is 5.80. The van der Waals surface area contributed by atoms with Gasteiger partial charge in [-0.05, 0) is 29.8 Å². The first-order valence-electron chi connectivity index (χ1n) is 6.64. The van der Waals surface area contributed by atoms with Gasteiger partial charge < -0.3 is 4.57 Å². The number of fused-ring (bicyclic) bond motifs is 1. The van der Waals surface area contributed by atoms with Crippen LogP contribution in [0.4, 0.5) is 0 Å². The molecule has 0 aliphatic rings. The van der Waals surface area contributed by atoms with Crippen molar-refractivity contribution in [3.8, 4) is 0 Å². The van der Waals surface area contributed by atoms with E-state index in [-0.39, 0.29) is 0 Å². The molecule has 1 heterocycles. The minimum Gasteiger partial charge on any atom is -0.343 e. The molecule has 0 bridgehead atoms. The predicted molar refractivity (Wildman–Crippen MR) is 82.6 cm³/mol. The standard InChI is InChI=1S/C16H15N5/c17-16(19-20-18)14-6-7-15-13(10-14)8-9-21(15)11-12-4-2-1-3-5-12/h1-10H,11H2,(H3,17,18,19)/p+1. The van der Waals surface area contributed by atoms with Gasteiger partial charge >= 0.3 is 5.84 Å². The molecule has 0 spiro atoms. The molecular weight excluding hydrogens is 262 g/mol. The molecule has 5 nitrogen and oxygen atoms in total. The molecule has 0 atom stereocenters. The molecule has 21 heavy (non-hydrogen) atoms. The highest BCUT2D eigenvalue weighted by atomic mass is 15.3. The monoisotopic (exact) mass is 278 g/mol. The van der Waals surface area contributed by atoms with E-state index in [1.165, 1.54) is 5.56 Å². The fourth-order valence-electron chi connectivity index (χ4n) is 2.40. The zero-order chi connectivity index (χ0) is 14.7. The summed E-state index contributed by atoms with van der Waals surface area (Å²) in [6, 6.07) is 18.4. The third-order valence-electron chi connectivity index (χ3n) is 3.43. The Morgan fingerprint density at radius 2 is 1.90 bits per heavy atom. The van der Waals surface area contributed by atoms with Crippen molar-refractivity contribution >= 4 is 16.7 Å². The quantitative estimate of drug-likeness (QED) is 0.246. The van der Waals surface area contributed by atoms with Crippen LogP contribution < -0.4 is 11.3 Å². The van der Waals surface area contributed by atoms with Crippen LogP contribution >= 0.6 is 0 Å². The molecule has 0 unspecified atom stereocenters. The van der Waals surface area contributed by atoms with E-state index in [1.807, 2.05) is 36.4 Å². The van der Waals surface area contributed by atoms with E-state index in [9.17, 15) is 0 Å². The van der Waals surface area contributed by atoms with E-state index in [1.54, 1.807) is 0 Å². The molecule has 104 valence electrons. The van der Waals surface area contributed by atoms with Crippen LogP contribution in [0.5, 0.6) is 0 Å². The van der Waals surface area contributed by atoms with Gasteiger partial charge in [-0.25, -0.2) is 0 Å². The maximum absolute atomic E-state index is 5.80. The van der Waals surface area contributed by atoms with Gasteiger partial charge in [0.05, 0.1) is 10.7 Å². The summed E-state index contributed by atoms with van der Waals surface area (Å²) in [5.41, 5.74) is 3.23. The number of nitrogens with two attached hydrogens (primary N) is 2. The van der Waals surface area contributed by atoms with Crippen molar-refractivity contribution < 1.29 is 5.41 Å². The lowest BCUT2D eigenvalue weighted by Gasteiger charge is -2.05. The van der Waals surface area contributed by atoms with Gasteiger partial charge in [0.25, 0.3) is 0 Å². The molecule has 3 aromatic rings. The number of hydrogen-bond acceptors (Lipinski definition) is 1.